The summed E-state index contributed by atoms with van der Waals surface area (Å²) >= 11 is 6.22. The molecule has 2 amide bonds. The molecule has 1 aliphatic rings. The molecule has 8 nitrogen and oxygen atoms in total. The molecule has 2 atom stereocenters. The van der Waals surface area contributed by atoms with Crippen LogP contribution in [0, 0.1) is 5.92 Å². The van der Waals surface area contributed by atoms with E-state index >= 15 is 0 Å². The largest absolute Gasteiger partial charge is 0.496 e. The van der Waals surface area contributed by atoms with E-state index in [4.69, 9.17) is 16.3 Å². The maximum atomic E-state index is 13.7. The first-order valence-corrected chi connectivity index (χ1v) is 12.7. The van der Waals surface area contributed by atoms with Crippen LogP contribution >= 0.6 is 11.6 Å². The summed E-state index contributed by atoms with van der Waals surface area (Å²) in [5, 5.41) is 16.1. The van der Waals surface area contributed by atoms with Crippen molar-refractivity contribution in [2.24, 2.45) is 11.0 Å². The molecule has 0 aliphatic carbocycles. The minimum Gasteiger partial charge on any atom is -0.496 e. The van der Waals surface area contributed by atoms with Gasteiger partial charge in [0.1, 0.15) is 5.75 Å². The van der Waals surface area contributed by atoms with E-state index in [1.165, 1.54) is 11.0 Å². The third-order valence-corrected chi connectivity index (χ3v) is 6.84. The molecular formula is C28H34ClN3O5. The van der Waals surface area contributed by atoms with E-state index < -0.39 is 11.9 Å². The van der Waals surface area contributed by atoms with Crippen molar-refractivity contribution in [3.63, 3.8) is 0 Å². The summed E-state index contributed by atoms with van der Waals surface area (Å²) in [6, 6.07) is 11.9. The number of hydrogen-bond acceptors (Lipinski definition) is 6. The average Bonchev–Trinajstić information content (AvgIpc) is 3.01. The number of halogens is 1. The predicted molar refractivity (Wildman–Crippen MR) is 143 cm³/mol. The molecule has 0 radical (unpaired) electrons. The van der Waals surface area contributed by atoms with Crippen LogP contribution in [0.3, 0.4) is 0 Å². The fourth-order valence-electron chi connectivity index (χ4n) is 4.71. The molecule has 0 bridgehead atoms. The number of ether oxygens (including phenoxy) is 1. The molecule has 3 rings (SSSR count). The van der Waals surface area contributed by atoms with Crippen LogP contribution in [0.4, 0.5) is 0 Å². The number of carbonyl (C=O) groups excluding carboxylic acids is 2. The Bertz CT molecular complexity index is 1180. The van der Waals surface area contributed by atoms with Crippen molar-refractivity contribution < 1.29 is 24.2 Å². The number of benzene rings is 2. The van der Waals surface area contributed by atoms with Gasteiger partial charge in [0.2, 0.25) is 11.8 Å². The number of hydrogen-bond donors (Lipinski definition) is 1. The second-order valence-corrected chi connectivity index (χ2v) is 9.90. The van der Waals surface area contributed by atoms with Crippen molar-refractivity contribution in [1.82, 2.24) is 9.91 Å². The van der Waals surface area contributed by atoms with Gasteiger partial charge in [0, 0.05) is 31.5 Å². The number of hydrazone groups is 1. The average molecular weight is 528 g/mol. The molecule has 0 spiro atoms. The Morgan fingerprint density at radius 1 is 1.24 bits per heavy atom. The first kappa shape index (κ1) is 28.2. The second kappa shape index (κ2) is 12.7. The Hall–Kier alpha value is -3.39. The number of rotatable bonds is 9. The normalized spacial score (nSPS) is 17.9. The Kier molecular flexibility index (Phi) is 9.69. The van der Waals surface area contributed by atoms with E-state index in [9.17, 15) is 19.5 Å². The van der Waals surface area contributed by atoms with E-state index in [2.05, 4.69) is 5.10 Å². The highest BCUT2D eigenvalue weighted by atomic mass is 35.5. The van der Waals surface area contributed by atoms with E-state index in [1.807, 2.05) is 27.1 Å². The maximum absolute atomic E-state index is 13.7. The molecule has 1 unspecified atom stereocenters. The highest BCUT2D eigenvalue weighted by Gasteiger charge is 2.34. The molecular weight excluding hydrogens is 494 g/mol. The fourth-order valence-corrected chi connectivity index (χ4v) is 4.90. The van der Waals surface area contributed by atoms with Crippen LogP contribution in [-0.2, 0) is 16.0 Å². The molecule has 1 aliphatic heterocycles. The van der Waals surface area contributed by atoms with Gasteiger partial charge in [-0.15, -0.1) is 0 Å². The van der Waals surface area contributed by atoms with Crippen molar-refractivity contribution in [1.29, 1.82) is 0 Å². The standard InChI is InChI=1S/C28H34ClN3O5/c1-5-18(19-7-6-8-21(13-19)28(35)36)16-26(33)32-17-24(30-31(2)3)11-9-20(27(32)34)14-22-15-23(29)10-12-25(22)37-4/h6-8,10,12-13,15,18,20H,5,9,11,14,16-17H2,1-4H3,(H,35,36)/b30-24+/t18-,20?/m0/s1. The number of carboxylic acid groups (broad SMARTS) is 1. The van der Waals surface area contributed by atoms with Gasteiger partial charge in [-0.3, -0.25) is 14.5 Å². The van der Waals surface area contributed by atoms with E-state index in [-0.39, 0.29) is 36.3 Å². The van der Waals surface area contributed by atoms with Crippen molar-refractivity contribution in [3.05, 3.63) is 64.2 Å². The topological polar surface area (TPSA) is 99.5 Å². The number of nitrogens with zero attached hydrogens (tertiary/aromatic N) is 3. The Labute approximate surface area is 222 Å². The summed E-state index contributed by atoms with van der Waals surface area (Å²) < 4.78 is 5.48. The second-order valence-electron chi connectivity index (χ2n) is 9.47. The van der Waals surface area contributed by atoms with Crippen molar-refractivity contribution in [2.75, 3.05) is 27.7 Å². The summed E-state index contributed by atoms with van der Waals surface area (Å²) in [5.41, 5.74) is 2.50. The number of aromatic carboxylic acids is 1. The molecule has 2 aromatic rings. The minimum absolute atomic E-state index is 0.0910. The third kappa shape index (κ3) is 7.32. The van der Waals surface area contributed by atoms with Gasteiger partial charge in [0.15, 0.2) is 0 Å². The van der Waals surface area contributed by atoms with Crippen molar-refractivity contribution in [2.45, 2.75) is 44.9 Å². The Balaban J connectivity index is 1.89. The van der Waals surface area contributed by atoms with Crippen LogP contribution < -0.4 is 4.74 Å². The van der Waals surface area contributed by atoms with Crippen LogP contribution in [0.15, 0.2) is 47.6 Å². The van der Waals surface area contributed by atoms with Gasteiger partial charge >= 0.3 is 5.97 Å². The molecule has 37 heavy (non-hydrogen) atoms. The zero-order valence-corrected chi connectivity index (χ0v) is 22.5. The lowest BCUT2D eigenvalue weighted by Crippen LogP contribution is -2.42. The highest BCUT2D eigenvalue weighted by Crippen LogP contribution is 2.30. The monoisotopic (exact) mass is 527 g/mol. The van der Waals surface area contributed by atoms with Gasteiger partial charge in [0.25, 0.3) is 0 Å². The van der Waals surface area contributed by atoms with Gasteiger partial charge in [-0.05, 0) is 73.1 Å². The number of imide groups is 1. The molecule has 2 aromatic carbocycles. The summed E-state index contributed by atoms with van der Waals surface area (Å²) in [6.45, 7) is 2.08. The summed E-state index contributed by atoms with van der Waals surface area (Å²) in [7, 11) is 5.19. The van der Waals surface area contributed by atoms with E-state index in [0.717, 1.165) is 16.8 Å². The van der Waals surface area contributed by atoms with E-state index in [1.54, 1.807) is 42.5 Å². The lowest BCUT2D eigenvalue weighted by molar-refractivity contribution is -0.146. The molecule has 1 N–H and O–H groups in total. The van der Waals surface area contributed by atoms with Crippen LogP contribution in [0.5, 0.6) is 5.75 Å². The molecule has 9 heteroatoms. The molecule has 198 valence electrons. The lowest BCUT2D eigenvalue weighted by Gasteiger charge is -2.25. The third-order valence-electron chi connectivity index (χ3n) is 6.61. The van der Waals surface area contributed by atoms with Crippen LogP contribution in [-0.4, -0.2) is 66.3 Å². The minimum atomic E-state index is -1.02. The molecule has 1 saturated heterocycles. The van der Waals surface area contributed by atoms with Gasteiger partial charge in [-0.1, -0.05) is 30.7 Å². The summed E-state index contributed by atoms with van der Waals surface area (Å²) in [6.07, 6.45) is 2.23. The molecule has 1 heterocycles. The number of carbonyl (C=O) groups is 3. The predicted octanol–water partition coefficient (Wildman–Crippen LogP) is 4.86. The van der Waals surface area contributed by atoms with Gasteiger partial charge in [-0.2, -0.15) is 5.10 Å². The van der Waals surface area contributed by atoms with Crippen molar-refractivity contribution >= 4 is 35.1 Å². The van der Waals surface area contributed by atoms with Gasteiger partial charge < -0.3 is 14.9 Å². The quantitative estimate of drug-likeness (QED) is 0.468. The number of amides is 2. The molecule has 0 aromatic heterocycles. The fraction of sp³-hybridized carbons (Fsp3) is 0.429. The van der Waals surface area contributed by atoms with Gasteiger partial charge in [-0.25, -0.2) is 4.79 Å². The van der Waals surface area contributed by atoms with E-state index in [0.29, 0.717) is 36.5 Å². The highest BCUT2D eigenvalue weighted by molar-refractivity contribution is 6.30. The number of likely N-dealkylation sites (tertiary alicyclic amines) is 1. The smallest absolute Gasteiger partial charge is 0.335 e. The first-order chi connectivity index (χ1) is 17.6. The number of carboxylic acids is 1. The summed E-state index contributed by atoms with van der Waals surface area (Å²) in [4.78, 5) is 40.1. The molecule has 0 saturated carbocycles. The number of methoxy groups -OCH3 is 1. The SMILES string of the molecule is CC[C@@H](CC(=O)N1C/C(=N/N(C)C)CCC(Cc2cc(Cl)ccc2OC)C1=O)c1cccc(C(=O)O)c1. The Morgan fingerprint density at radius 3 is 2.65 bits per heavy atom. The first-order valence-electron chi connectivity index (χ1n) is 12.4. The molecule has 1 fully saturated rings. The zero-order chi connectivity index (χ0) is 27.1. The van der Waals surface area contributed by atoms with Crippen LogP contribution in [0.2, 0.25) is 5.02 Å². The van der Waals surface area contributed by atoms with Gasteiger partial charge in [0.05, 0.1) is 24.9 Å². The zero-order valence-electron chi connectivity index (χ0n) is 21.7. The Morgan fingerprint density at radius 2 is 2.00 bits per heavy atom. The maximum Gasteiger partial charge on any atom is 0.335 e. The van der Waals surface area contributed by atoms with Crippen molar-refractivity contribution in [3.8, 4) is 5.75 Å². The van der Waals surface area contributed by atoms with Crippen LogP contribution in [0.25, 0.3) is 0 Å². The lowest BCUT2D eigenvalue weighted by atomic mass is 9.91. The van der Waals surface area contributed by atoms with Crippen LogP contribution in [0.1, 0.15) is 60.0 Å². The summed E-state index contributed by atoms with van der Waals surface area (Å²) in [5.74, 6) is -1.58.